The molecule has 8 heteroatoms. The van der Waals surface area contributed by atoms with E-state index < -0.39 is 11.9 Å². The van der Waals surface area contributed by atoms with Crippen LogP contribution < -0.4 is 0 Å². The second kappa shape index (κ2) is 14.4. The molecule has 0 saturated heterocycles. The van der Waals surface area contributed by atoms with Crippen molar-refractivity contribution in [3.63, 3.8) is 0 Å². The predicted octanol–water partition coefficient (Wildman–Crippen LogP) is 9.68. The van der Waals surface area contributed by atoms with E-state index in [1.54, 1.807) is 23.5 Å². The molecule has 224 valence electrons. The molecule has 6 rings (SSSR count). The Morgan fingerprint density at radius 2 is 0.955 bits per heavy atom. The first-order chi connectivity index (χ1) is 21.4. The highest BCUT2D eigenvalue weighted by atomic mass is 32.2. The fourth-order valence-corrected chi connectivity index (χ4v) is 6.74. The molecule has 0 bridgehead atoms. The van der Waals surface area contributed by atoms with Crippen molar-refractivity contribution < 1.29 is 28.6 Å². The molecule has 6 aromatic rings. The van der Waals surface area contributed by atoms with Crippen LogP contribution in [0.15, 0.2) is 116 Å². The van der Waals surface area contributed by atoms with Gasteiger partial charge in [0.15, 0.2) is 0 Å². The molecule has 0 saturated carbocycles. The van der Waals surface area contributed by atoms with Gasteiger partial charge in [-0.15, -0.1) is 23.5 Å². The quantitative estimate of drug-likeness (QED) is 0.145. The van der Waals surface area contributed by atoms with Crippen molar-refractivity contribution in [2.75, 3.05) is 11.5 Å². The summed E-state index contributed by atoms with van der Waals surface area (Å²) in [5.74, 6) is 1.08. The minimum Gasteiger partial charge on any atom is -0.481 e. The molecule has 0 unspecified atom stereocenters. The summed E-state index contributed by atoms with van der Waals surface area (Å²) >= 11 is 3.25. The lowest BCUT2D eigenvalue weighted by Crippen LogP contribution is -1.99. The lowest BCUT2D eigenvalue weighted by atomic mass is 10.0. The molecule has 2 aromatic heterocycles. The third-order valence-corrected chi connectivity index (χ3v) is 8.89. The Kier molecular flexibility index (Phi) is 10.1. The minimum atomic E-state index is -0.875. The van der Waals surface area contributed by atoms with Crippen LogP contribution in [0.4, 0.5) is 0 Å². The fraction of sp³-hybridized carbons (Fsp3) is 0.167. The van der Waals surface area contributed by atoms with Crippen molar-refractivity contribution in [2.45, 2.75) is 36.5 Å². The Morgan fingerprint density at radius 3 is 1.30 bits per heavy atom. The Bertz CT molecular complexity index is 1750. The van der Waals surface area contributed by atoms with Gasteiger partial charge in [-0.1, -0.05) is 86.6 Å². The van der Waals surface area contributed by atoms with Crippen LogP contribution in [-0.4, -0.2) is 33.7 Å². The van der Waals surface area contributed by atoms with Gasteiger partial charge in [0.2, 0.25) is 0 Å². The van der Waals surface area contributed by atoms with Gasteiger partial charge in [-0.25, -0.2) is 0 Å². The van der Waals surface area contributed by atoms with E-state index in [-0.39, 0.29) is 12.8 Å². The smallest absolute Gasteiger partial charge is 0.311 e. The molecule has 0 aliphatic rings. The highest BCUT2D eigenvalue weighted by molar-refractivity contribution is 7.99. The topological polar surface area (TPSA) is 101 Å². The summed E-state index contributed by atoms with van der Waals surface area (Å²) in [6, 6.07) is 32.3. The van der Waals surface area contributed by atoms with E-state index in [1.807, 2.05) is 60.7 Å². The number of rotatable bonds is 10. The summed E-state index contributed by atoms with van der Waals surface area (Å²) in [5, 5.41) is 20.1. The first-order valence-corrected chi connectivity index (χ1v) is 16.3. The van der Waals surface area contributed by atoms with Gasteiger partial charge in [-0.05, 0) is 58.0 Å². The molecule has 0 amide bonds. The monoisotopic (exact) mass is 624 g/mol. The van der Waals surface area contributed by atoms with E-state index in [4.69, 9.17) is 19.0 Å². The average Bonchev–Trinajstić information content (AvgIpc) is 3.54. The van der Waals surface area contributed by atoms with Crippen LogP contribution in [0, 0.1) is 0 Å². The third kappa shape index (κ3) is 7.21. The van der Waals surface area contributed by atoms with Crippen molar-refractivity contribution in [1.29, 1.82) is 0 Å². The second-order valence-corrected chi connectivity index (χ2v) is 12.4. The van der Waals surface area contributed by atoms with Crippen LogP contribution in [0.5, 0.6) is 0 Å². The van der Waals surface area contributed by atoms with Crippen molar-refractivity contribution in [3.8, 4) is 22.3 Å². The zero-order valence-corrected chi connectivity index (χ0v) is 26.0. The number of hydrogen-bond acceptors (Lipinski definition) is 6. The molecule has 4 aromatic carbocycles. The molecule has 2 heterocycles. The molecule has 0 atom stereocenters. The van der Waals surface area contributed by atoms with Gasteiger partial charge < -0.3 is 19.0 Å². The lowest BCUT2D eigenvalue weighted by molar-refractivity contribution is -0.137. The first-order valence-electron chi connectivity index (χ1n) is 14.3. The number of carbonyl (C=O) groups is 2. The van der Waals surface area contributed by atoms with E-state index in [0.29, 0.717) is 11.5 Å². The molecule has 6 nitrogen and oxygen atoms in total. The molecular weight excluding hydrogens is 593 g/mol. The SMILES string of the molecule is CCSc1c(CC(=O)O)oc2ccc(-c3ccccc3)cc12.CCSc1c(CC(=O)O)oc2ccc(-c3ccccc3)cc12. The number of carboxylic acid groups (broad SMARTS) is 2. The standard InChI is InChI=1S/2C18H16O3S/c2*1-2-22-18-14-10-13(12-6-4-3-5-7-12)8-9-15(14)21-16(18)11-17(19)20/h2*3-10H,2,11H2,1H3,(H,19,20). The highest BCUT2D eigenvalue weighted by Gasteiger charge is 2.18. The van der Waals surface area contributed by atoms with Gasteiger partial charge in [0.1, 0.15) is 35.5 Å². The van der Waals surface area contributed by atoms with Crippen molar-refractivity contribution >= 4 is 57.4 Å². The molecule has 0 radical (unpaired) electrons. The van der Waals surface area contributed by atoms with Crippen LogP contribution in [0.1, 0.15) is 25.4 Å². The van der Waals surface area contributed by atoms with E-state index >= 15 is 0 Å². The normalized spacial score (nSPS) is 11.0. The van der Waals surface area contributed by atoms with E-state index in [9.17, 15) is 9.59 Å². The van der Waals surface area contributed by atoms with Crippen molar-refractivity contribution in [2.24, 2.45) is 0 Å². The van der Waals surface area contributed by atoms with Gasteiger partial charge in [0, 0.05) is 10.8 Å². The Labute approximate surface area is 264 Å². The summed E-state index contributed by atoms with van der Waals surface area (Å²) in [7, 11) is 0. The molecule has 44 heavy (non-hydrogen) atoms. The summed E-state index contributed by atoms with van der Waals surface area (Å²) in [4.78, 5) is 23.9. The van der Waals surface area contributed by atoms with Crippen molar-refractivity contribution in [3.05, 3.63) is 109 Å². The summed E-state index contributed by atoms with van der Waals surface area (Å²) in [6.07, 6.45) is -0.171. The average molecular weight is 625 g/mol. The summed E-state index contributed by atoms with van der Waals surface area (Å²) in [6.45, 7) is 4.10. The number of aliphatic carboxylic acids is 2. The number of benzene rings is 4. The first kappa shape index (κ1) is 31.0. The van der Waals surface area contributed by atoms with Crippen molar-refractivity contribution in [1.82, 2.24) is 0 Å². The van der Waals surface area contributed by atoms with Crippen LogP contribution in [-0.2, 0) is 22.4 Å². The summed E-state index contributed by atoms with van der Waals surface area (Å²) < 4.78 is 11.5. The van der Waals surface area contributed by atoms with Gasteiger partial charge in [0.25, 0.3) is 0 Å². The van der Waals surface area contributed by atoms with Crippen LogP contribution in [0.2, 0.25) is 0 Å². The largest absolute Gasteiger partial charge is 0.481 e. The molecular formula is C36H32O6S2. The van der Waals surface area contributed by atoms with Crippen LogP contribution in [0.3, 0.4) is 0 Å². The van der Waals surface area contributed by atoms with Gasteiger partial charge >= 0.3 is 11.9 Å². The number of carboxylic acids is 2. The minimum absolute atomic E-state index is 0.0856. The maximum absolute atomic E-state index is 11.0. The Morgan fingerprint density at radius 1 is 0.568 bits per heavy atom. The lowest BCUT2D eigenvalue weighted by Gasteiger charge is -2.02. The highest BCUT2D eigenvalue weighted by Crippen LogP contribution is 2.38. The Balaban J connectivity index is 0.000000175. The molecule has 2 N–H and O–H groups in total. The second-order valence-electron chi connectivity index (χ2n) is 9.87. The van der Waals surface area contributed by atoms with Gasteiger partial charge in [-0.3, -0.25) is 9.59 Å². The molecule has 0 aliphatic carbocycles. The van der Waals surface area contributed by atoms with E-state index in [2.05, 4.69) is 50.2 Å². The zero-order chi connectivity index (χ0) is 31.1. The zero-order valence-electron chi connectivity index (χ0n) is 24.4. The molecule has 0 spiro atoms. The number of thioether (sulfide) groups is 2. The molecule has 0 fully saturated rings. The maximum atomic E-state index is 11.0. The van der Waals surface area contributed by atoms with Gasteiger partial charge in [-0.2, -0.15) is 0 Å². The molecule has 0 aliphatic heterocycles. The van der Waals surface area contributed by atoms with Crippen LogP contribution >= 0.6 is 23.5 Å². The predicted molar refractivity (Wildman–Crippen MR) is 179 cm³/mol. The van der Waals surface area contributed by atoms with Gasteiger partial charge in [0.05, 0.1) is 9.79 Å². The summed E-state index contributed by atoms with van der Waals surface area (Å²) in [5.41, 5.74) is 5.97. The Hall–Kier alpha value is -4.40. The maximum Gasteiger partial charge on any atom is 0.311 e. The fourth-order valence-electron chi connectivity index (χ4n) is 4.98. The number of hydrogen-bond donors (Lipinski definition) is 2. The third-order valence-electron chi connectivity index (χ3n) is 6.84. The number of fused-ring (bicyclic) bond motifs is 2. The number of furan rings is 2. The van der Waals surface area contributed by atoms with E-state index in [0.717, 1.165) is 65.5 Å². The van der Waals surface area contributed by atoms with Crippen LogP contribution in [0.25, 0.3) is 44.2 Å². The van der Waals surface area contributed by atoms with E-state index in [1.165, 1.54) is 0 Å².